The second-order valence-electron chi connectivity index (χ2n) is 4.96. The molecule has 20 heavy (non-hydrogen) atoms. The molecule has 0 bridgehead atoms. The zero-order valence-corrected chi connectivity index (χ0v) is 13.3. The van der Waals surface area contributed by atoms with E-state index in [-0.39, 0.29) is 0 Å². The fourth-order valence-corrected chi connectivity index (χ4v) is 2.85. The Hall–Kier alpha value is -1.43. The van der Waals surface area contributed by atoms with Crippen molar-refractivity contribution in [1.82, 2.24) is 19.5 Å². The molecule has 2 aromatic rings. The van der Waals surface area contributed by atoms with E-state index in [4.69, 9.17) is 0 Å². The second kappa shape index (κ2) is 5.52. The minimum absolute atomic E-state index is 0.576. The minimum atomic E-state index is 0.576. The Labute approximate surface area is 127 Å². The molecule has 0 saturated heterocycles. The highest BCUT2D eigenvalue weighted by Gasteiger charge is 2.27. The van der Waals surface area contributed by atoms with Crippen LogP contribution in [0.25, 0.3) is 11.5 Å². The Kier molecular flexibility index (Phi) is 3.74. The molecule has 0 amide bonds. The van der Waals surface area contributed by atoms with E-state index in [2.05, 4.69) is 54.6 Å². The fraction of sp³-hybridized carbons (Fsp3) is 0.500. The van der Waals surface area contributed by atoms with Gasteiger partial charge in [0.15, 0.2) is 5.82 Å². The second-order valence-corrected chi connectivity index (χ2v) is 5.75. The van der Waals surface area contributed by atoms with Crippen LogP contribution >= 0.6 is 15.9 Å². The summed E-state index contributed by atoms with van der Waals surface area (Å²) in [7, 11) is 0. The van der Waals surface area contributed by atoms with E-state index in [9.17, 15) is 0 Å². The van der Waals surface area contributed by atoms with Crippen molar-refractivity contribution in [1.29, 1.82) is 0 Å². The Morgan fingerprint density at radius 1 is 1.35 bits per heavy atom. The standard InChI is InChI=1S/C14H18BrN5/c1-3-10-12(15)14(17-4-2)19-13(18-10)11-7-16-8-20(11)9-5-6-9/h7-9H,3-6H2,1-2H3,(H,17,18,19). The number of aromatic nitrogens is 4. The van der Waals surface area contributed by atoms with E-state index in [0.717, 1.165) is 40.5 Å². The maximum Gasteiger partial charge on any atom is 0.180 e. The predicted octanol–water partition coefficient (Wildman–Crippen LogP) is 3.43. The van der Waals surface area contributed by atoms with E-state index >= 15 is 0 Å². The summed E-state index contributed by atoms with van der Waals surface area (Å²) in [6.07, 6.45) is 7.06. The average Bonchev–Trinajstić information content (AvgIpc) is 3.19. The summed E-state index contributed by atoms with van der Waals surface area (Å²) < 4.78 is 3.15. The van der Waals surface area contributed by atoms with E-state index in [0.29, 0.717) is 6.04 Å². The number of hydrogen-bond donors (Lipinski definition) is 1. The summed E-state index contributed by atoms with van der Waals surface area (Å²) in [5.74, 6) is 1.61. The highest BCUT2D eigenvalue weighted by molar-refractivity contribution is 9.10. The van der Waals surface area contributed by atoms with Crippen molar-refractivity contribution >= 4 is 21.7 Å². The van der Waals surface area contributed by atoms with Gasteiger partial charge in [0, 0.05) is 12.6 Å². The third-order valence-corrected chi connectivity index (χ3v) is 4.27. The molecule has 0 unspecified atom stereocenters. The van der Waals surface area contributed by atoms with Crippen LogP contribution in [0.4, 0.5) is 5.82 Å². The van der Waals surface area contributed by atoms with Crippen molar-refractivity contribution in [3.05, 3.63) is 22.7 Å². The molecule has 1 fully saturated rings. The largest absolute Gasteiger partial charge is 0.369 e. The smallest absolute Gasteiger partial charge is 0.180 e. The summed E-state index contributed by atoms with van der Waals surface area (Å²) in [6.45, 7) is 5.00. The first-order valence-electron chi connectivity index (χ1n) is 7.07. The number of imidazole rings is 1. The van der Waals surface area contributed by atoms with Crippen molar-refractivity contribution in [3.8, 4) is 11.5 Å². The quantitative estimate of drug-likeness (QED) is 0.909. The molecular formula is C14H18BrN5. The Morgan fingerprint density at radius 3 is 2.80 bits per heavy atom. The number of hydrogen-bond acceptors (Lipinski definition) is 4. The van der Waals surface area contributed by atoms with E-state index < -0.39 is 0 Å². The van der Waals surface area contributed by atoms with Gasteiger partial charge in [-0.2, -0.15) is 0 Å². The van der Waals surface area contributed by atoms with Crippen LogP contribution in [0.15, 0.2) is 17.0 Å². The molecule has 0 spiro atoms. The zero-order chi connectivity index (χ0) is 14.1. The Balaban J connectivity index is 2.08. The van der Waals surface area contributed by atoms with Crippen LogP contribution in [0.5, 0.6) is 0 Å². The molecule has 1 aliphatic rings. The lowest BCUT2D eigenvalue weighted by molar-refractivity contribution is 0.742. The van der Waals surface area contributed by atoms with Crippen LogP contribution in [-0.4, -0.2) is 26.1 Å². The van der Waals surface area contributed by atoms with Crippen LogP contribution in [0, 0.1) is 0 Å². The van der Waals surface area contributed by atoms with Crippen LogP contribution in [0.2, 0.25) is 0 Å². The van der Waals surface area contributed by atoms with Gasteiger partial charge in [-0.25, -0.2) is 15.0 Å². The van der Waals surface area contributed by atoms with Gasteiger partial charge < -0.3 is 9.88 Å². The van der Waals surface area contributed by atoms with Crippen molar-refractivity contribution in [3.63, 3.8) is 0 Å². The van der Waals surface area contributed by atoms with Gasteiger partial charge in [0.25, 0.3) is 0 Å². The number of rotatable bonds is 5. The van der Waals surface area contributed by atoms with Gasteiger partial charge in [-0.3, -0.25) is 0 Å². The Morgan fingerprint density at radius 2 is 2.15 bits per heavy atom. The zero-order valence-electron chi connectivity index (χ0n) is 11.7. The molecule has 5 nitrogen and oxygen atoms in total. The number of nitrogens with zero attached hydrogens (tertiary/aromatic N) is 4. The minimum Gasteiger partial charge on any atom is -0.369 e. The molecule has 1 aliphatic carbocycles. The SMILES string of the molecule is CCNc1nc(-c2cncn2C2CC2)nc(CC)c1Br. The lowest BCUT2D eigenvalue weighted by atomic mass is 10.3. The molecular weight excluding hydrogens is 318 g/mol. The molecule has 0 aliphatic heterocycles. The molecule has 0 radical (unpaired) electrons. The van der Waals surface area contributed by atoms with Crippen LogP contribution in [0.3, 0.4) is 0 Å². The maximum absolute atomic E-state index is 4.69. The lowest BCUT2D eigenvalue weighted by Gasteiger charge is -2.12. The third kappa shape index (κ3) is 2.44. The van der Waals surface area contributed by atoms with Crippen molar-refractivity contribution in [2.24, 2.45) is 0 Å². The fourth-order valence-electron chi connectivity index (χ4n) is 2.25. The first kappa shape index (κ1) is 13.5. The Bertz CT molecular complexity index is 618. The van der Waals surface area contributed by atoms with E-state index in [1.54, 1.807) is 0 Å². The van der Waals surface area contributed by atoms with Gasteiger partial charge >= 0.3 is 0 Å². The van der Waals surface area contributed by atoms with E-state index in [1.165, 1.54) is 12.8 Å². The van der Waals surface area contributed by atoms with Gasteiger partial charge in [-0.1, -0.05) is 6.92 Å². The molecule has 0 aromatic carbocycles. The first-order chi connectivity index (χ1) is 9.74. The van der Waals surface area contributed by atoms with Crippen molar-refractivity contribution < 1.29 is 0 Å². The maximum atomic E-state index is 4.69. The summed E-state index contributed by atoms with van der Waals surface area (Å²) >= 11 is 3.59. The summed E-state index contributed by atoms with van der Waals surface area (Å²) in [5.41, 5.74) is 2.03. The monoisotopic (exact) mass is 335 g/mol. The summed E-state index contributed by atoms with van der Waals surface area (Å²) in [5, 5.41) is 3.29. The number of anilines is 1. The van der Waals surface area contributed by atoms with Gasteiger partial charge in [0.05, 0.1) is 22.7 Å². The molecule has 1 N–H and O–H groups in total. The molecule has 1 saturated carbocycles. The average molecular weight is 336 g/mol. The molecule has 0 atom stereocenters. The predicted molar refractivity (Wildman–Crippen MR) is 82.8 cm³/mol. The van der Waals surface area contributed by atoms with Crippen LogP contribution < -0.4 is 5.32 Å². The number of nitrogens with one attached hydrogen (secondary N) is 1. The molecule has 106 valence electrons. The third-order valence-electron chi connectivity index (χ3n) is 3.43. The van der Waals surface area contributed by atoms with Crippen molar-refractivity contribution in [2.75, 3.05) is 11.9 Å². The van der Waals surface area contributed by atoms with Gasteiger partial charge in [0.1, 0.15) is 11.5 Å². The van der Waals surface area contributed by atoms with Gasteiger partial charge in [-0.05, 0) is 42.1 Å². The first-order valence-corrected chi connectivity index (χ1v) is 7.86. The lowest BCUT2D eigenvalue weighted by Crippen LogP contribution is -2.07. The van der Waals surface area contributed by atoms with Crippen molar-refractivity contribution in [2.45, 2.75) is 39.2 Å². The van der Waals surface area contributed by atoms with Crippen LogP contribution in [0.1, 0.15) is 38.4 Å². The molecule has 2 aromatic heterocycles. The molecule has 2 heterocycles. The topological polar surface area (TPSA) is 55.6 Å². The summed E-state index contributed by atoms with van der Waals surface area (Å²) in [6, 6.07) is 0.576. The highest BCUT2D eigenvalue weighted by Crippen LogP contribution is 2.38. The van der Waals surface area contributed by atoms with Crippen LogP contribution in [-0.2, 0) is 6.42 Å². The summed E-state index contributed by atoms with van der Waals surface area (Å²) in [4.78, 5) is 13.6. The molecule has 6 heteroatoms. The highest BCUT2D eigenvalue weighted by atomic mass is 79.9. The normalized spacial score (nSPS) is 14.6. The number of aryl methyl sites for hydroxylation is 1. The number of halogens is 1. The van der Waals surface area contributed by atoms with E-state index in [1.807, 2.05) is 12.5 Å². The van der Waals surface area contributed by atoms with Gasteiger partial charge in [-0.15, -0.1) is 0 Å². The van der Waals surface area contributed by atoms with Gasteiger partial charge in [0.2, 0.25) is 0 Å². The molecule has 3 rings (SSSR count).